The summed E-state index contributed by atoms with van der Waals surface area (Å²) in [6.07, 6.45) is 10.5. The fourth-order valence-electron chi connectivity index (χ4n) is 5.12. The van der Waals surface area contributed by atoms with Gasteiger partial charge in [-0.1, -0.05) is 0 Å². The van der Waals surface area contributed by atoms with Crippen molar-refractivity contribution in [2.45, 2.75) is 63.5 Å². The number of aliphatic carboxylic acids is 1. The Bertz CT molecular complexity index is 740. The lowest BCUT2D eigenvalue weighted by Gasteiger charge is -2.36. The number of ether oxygens (including phenoxy) is 2. The van der Waals surface area contributed by atoms with Gasteiger partial charge < -0.3 is 25.2 Å². The lowest BCUT2D eigenvalue weighted by molar-refractivity contribution is -0.147. The number of hydrogen-bond donors (Lipinski definition) is 2. The molecule has 0 spiro atoms. The maximum absolute atomic E-state index is 10.1. The number of fused-ring (bicyclic) bond motifs is 1. The van der Waals surface area contributed by atoms with Gasteiger partial charge in [0, 0.05) is 57.0 Å². The standard InChI is InChI=1S/C19H30N4O.C5H8O3/c20-17-3-1-15(2-4-17)6-9-22-10-12-23(13-11-22)19-18-16(5-8-21-19)7-14-24-18;6-5(7)4-2-1-3-8-4/h5,8,15,17H,1-4,6-7,9-14,20H2;4H,1-3H2,(H,6,7). The van der Waals surface area contributed by atoms with E-state index in [1.807, 2.05) is 6.20 Å². The van der Waals surface area contributed by atoms with Crippen molar-refractivity contribution in [2.24, 2.45) is 11.7 Å². The summed E-state index contributed by atoms with van der Waals surface area (Å²) in [5, 5.41) is 8.29. The number of aromatic nitrogens is 1. The molecule has 1 aliphatic carbocycles. The summed E-state index contributed by atoms with van der Waals surface area (Å²) in [5.41, 5.74) is 7.33. The SMILES string of the molecule is NC1CCC(CCN2CCN(c3nccc4c3OCC4)CC2)CC1.O=C(O)C1CCCO1. The van der Waals surface area contributed by atoms with E-state index in [-0.39, 0.29) is 0 Å². The molecule has 3 N–H and O–H groups in total. The van der Waals surface area contributed by atoms with Gasteiger partial charge >= 0.3 is 5.97 Å². The fraction of sp³-hybridized carbons (Fsp3) is 0.750. The number of rotatable bonds is 5. The van der Waals surface area contributed by atoms with Crippen LogP contribution in [0.15, 0.2) is 12.3 Å². The van der Waals surface area contributed by atoms with Crippen molar-refractivity contribution in [3.05, 3.63) is 17.8 Å². The highest BCUT2D eigenvalue weighted by Gasteiger charge is 2.26. The van der Waals surface area contributed by atoms with E-state index in [4.69, 9.17) is 20.3 Å². The second kappa shape index (κ2) is 11.3. The number of nitrogens with zero attached hydrogens (tertiary/aromatic N) is 3. The Morgan fingerprint density at radius 1 is 1.12 bits per heavy atom. The van der Waals surface area contributed by atoms with Crippen LogP contribution < -0.4 is 15.4 Å². The first-order valence-electron chi connectivity index (χ1n) is 12.3. The Morgan fingerprint density at radius 2 is 1.91 bits per heavy atom. The van der Waals surface area contributed by atoms with Crippen LogP contribution in [0.1, 0.15) is 50.5 Å². The first-order chi connectivity index (χ1) is 15.6. The summed E-state index contributed by atoms with van der Waals surface area (Å²) in [4.78, 5) is 19.7. The highest BCUT2D eigenvalue weighted by atomic mass is 16.5. The number of carbonyl (C=O) groups is 1. The third-order valence-corrected chi connectivity index (χ3v) is 7.21. The largest absolute Gasteiger partial charge is 0.489 e. The lowest BCUT2D eigenvalue weighted by atomic mass is 9.84. The van der Waals surface area contributed by atoms with Crippen LogP contribution in [0.5, 0.6) is 5.75 Å². The van der Waals surface area contributed by atoms with Gasteiger partial charge in [0.25, 0.3) is 0 Å². The normalized spacial score (nSPS) is 27.9. The number of nitrogens with two attached hydrogens (primary N) is 1. The van der Waals surface area contributed by atoms with E-state index in [1.165, 1.54) is 44.2 Å². The second-order valence-electron chi connectivity index (χ2n) is 9.46. The van der Waals surface area contributed by atoms with Gasteiger partial charge in [-0.2, -0.15) is 0 Å². The summed E-state index contributed by atoms with van der Waals surface area (Å²) in [5.74, 6) is 2.16. The third kappa shape index (κ3) is 6.11. The summed E-state index contributed by atoms with van der Waals surface area (Å²) >= 11 is 0. The molecule has 0 bridgehead atoms. The predicted octanol–water partition coefficient (Wildman–Crippen LogP) is 2.30. The molecule has 8 nitrogen and oxygen atoms in total. The van der Waals surface area contributed by atoms with Crippen LogP contribution in [-0.2, 0) is 16.0 Å². The quantitative estimate of drug-likeness (QED) is 0.711. The molecule has 178 valence electrons. The monoisotopic (exact) mass is 446 g/mol. The molecule has 1 atom stereocenters. The van der Waals surface area contributed by atoms with E-state index < -0.39 is 12.1 Å². The molecule has 1 unspecified atom stereocenters. The average Bonchev–Trinajstić information content (AvgIpc) is 3.52. The molecule has 1 aromatic heterocycles. The van der Waals surface area contributed by atoms with Crippen LogP contribution in [0, 0.1) is 5.92 Å². The number of carboxylic acids is 1. The lowest BCUT2D eigenvalue weighted by Crippen LogP contribution is -2.47. The maximum atomic E-state index is 10.1. The van der Waals surface area contributed by atoms with Gasteiger partial charge in [0.2, 0.25) is 0 Å². The minimum Gasteiger partial charge on any atom is -0.489 e. The number of carboxylic acid groups (broad SMARTS) is 1. The Hall–Kier alpha value is -1.90. The molecule has 0 radical (unpaired) electrons. The molecule has 8 heteroatoms. The Balaban J connectivity index is 0.000000260. The molecule has 1 aromatic rings. The minimum atomic E-state index is -0.831. The number of hydrogen-bond acceptors (Lipinski definition) is 7. The van der Waals surface area contributed by atoms with Crippen molar-refractivity contribution >= 4 is 11.8 Å². The first kappa shape index (κ1) is 23.3. The Kier molecular flexibility index (Phi) is 8.21. The summed E-state index contributed by atoms with van der Waals surface area (Å²) in [7, 11) is 0. The number of anilines is 1. The molecule has 3 aliphatic heterocycles. The van der Waals surface area contributed by atoms with Crippen LogP contribution >= 0.6 is 0 Å². The highest BCUT2D eigenvalue weighted by molar-refractivity contribution is 5.72. The highest BCUT2D eigenvalue weighted by Crippen LogP contribution is 2.34. The van der Waals surface area contributed by atoms with Crippen LogP contribution in [0.25, 0.3) is 0 Å². The molecular formula is C24H38N4O4. The average molecular weight is 447 g/mol. The third-order valence-electron chi connectivity index (χ3n) is 7.21. The fourth-order valence-corrected chi connectivity index (χ4v) is 5.12. The topological polar surface area (TPSA) is 101 Å². The van der Waals surface area contributed by atoms with Crippen LogP contribution in [-0.4, -0.2) is 79.0 Å². The molecule has 2 saturated heterocycles. The molecular weight excluding hydrogens is 408 g/mol. The van der Waals surface area contributed by atoms with Gasteiger partial charge in [-0.3, -0.25) is 4.90 Å². The summed E-state index contributed by atoms with van der Waals surface area (Å²) < 4.78 is 10.6. The predicted molar refractivity (Wildman–Crippen MR) is 123 cm³/mol. The molecule has 3 fully saturated rings. The molecule has 0 aromatic carbocycles. The zero-order valence-corrected chi connectivity index (χ0v) is 19.1. The molecule has 0 amide bonds. The van der Waals surface area contributed by atoms with Crippen LogP contribution in [0.2, 0.25) is 0 Å². The van der Waals surface area contributed by atoms with Crippen molar-refractivity contribution < 1.29 is 19.4 Å². The van der Waals surface area contributed by atoms with Crippen molar-refractivity contribution in [1.82, 2.24) is 9.88 Å². The van der Waals surface area contributed by atoms with Crippen molar-refractivity contribution in [3.8, 4) is 5.75 Å². The number of piperazine rings is 1. The zero-order valence-electron chi connectivity index (χ0n) is 19.1. The van der Waals surface area contributed by atoms with E-state index in [0.29, 0.717) is 19.1 Å². The van der Waals surface area contributed by atoms with Crippen molar-refractivity contribution in [1.29, 1.82) is 0 Å². The zero-order chi connectivity index (χ0) is 22.3. The van der Waals surface area contributed by atoms with E-state index in [0.717, 1.165) is 63.1 Å². The van der Waals surface area contributed by atoms with Crippen LogP contribution in [0.4, 0.5) is 5.82 Å². The summed E-state index contributed by atoms with van der Waals surface area (Å²) in [6.45, 7) is 7.04. The number of pyridine rings is 1. The Morgan fingerprint density at radius 3 is 2.56 bits per heavy atom. The van der Waals surface area contributed by atoms with Gasteiger partial charge in [-0.15, -0.1) is 0 Å². The summed E-state index contributed by atoms with van der Waals surface area (Å²) in [6, 6.07) is 2.56. The van der Waals surface area contributed by atoms with Gasteiger partial charge in [0.05, 0.1) is 6.61 Å². The van der Waals surface area contributed by atoms with Gasteiger partial charge in [-0.05, 0) is 63.5 Å². The van der Waals surface area contributed by atoms with Crippen molar-refractivity contribution in [3.63, 3.8) is 0 Å². The molecule has 1 saturated carbocycles. The first-order valence-corrected chi connectivity index (χ1v) is 12.3. The van der Waals surface area contributed by atoms with E-state index in [1.54, 1.807) is 0 Å². The molecule has 5 rings (SSSR count). The minimum absolute atomic E-state index is 0.465. The van der Waals surface area contributed by atoms with Gasteiger partial charge in [0.15, 0.2) is 17.7 Å². The van der Waals surface area contributed by atoms with E-state index >= 15 is 0 Å². The van der Waals surface area contributed by atoms with E-state index in [2.05, 4.69) is 20.9 Å². The van der Waals surface area contributed by atoms with Gasteiger partial charge in [0.1, 0.15) is 0 Å². The molecule has 32 heavy (non-hydrogen) atoms. The van der Waals surface area contributed by atoms with Gasteiger partial charge in [-0.25, -0.2) is 9.78 Å². The molecule has 4 aliphatic rings. The second-order valence-corrected chi connectivity index (χ2v) is 9.46. The van der Waals surface area contributed by atoms with Crippen molar-refractivity contribution in [2.75, 3.05) is 50.8 Å². The smallest absolute Gasteiger partial charge is 0.332 e. The Labute approximate surface area is 191 Å². The van der Waals surface area contributed by atoms with Crippen LogP contribution in [0.3, 0.4) is 0 Å². The van der Waals surface area contributed by atoms with E-state index in [9.17, 15) is 4.79 Å². The maximum Gasteiger partial charge on any atom is 0.332 e. The molecule has 4 heterocycles.